The summed E-state index contributed by atoms with van der Waals surface area (Å²) in [7, 11) is 0. The minimum absolute atomic E-state index is 0.0861. The average Bonchev–Trinajstić information content (AvgIpc) is 3.03. The highest BCUT2D eigenvalue weighted by molar-refractivity contribution is 7.13. The van der Waals surface area contributed by atoms with Crippen molar-refractivity contribution >= 4 is 39.9 Å². The lowest BCUT2D eigenvalue weighted by molar-refractivity contribution is -0.118. The Balaban J connectivity index is 1.58. The fraction of sp³-hybridized carbons (Fsp3) is 0.368. The van der Waals surface area contributed by atoms with Crippen molar-refractivity contribution in [3.63, 3.8) is 0 Å². The fourth-order valence-corrected chi connectivity index (χ4v) is 3.60. The second-order valence-corrected chi connectivity index (χ2v) is 8.29. The molecule has 0 radical (unpaired) electrons. The Morgan fingerprint density at radius 3 is 2.70 bits per heavy atom. The molecule has 1 aliphatic heterocycles. The third-order valence-corrected chi connectivity index (χ3v) is 4.99. The Kier molecular flexibility index (Phi) is 5.27. The van der Waals surface area contributed by atoms with Gasteiger partial charge in [0.15, 0.2) is 5.13 Å². The standard InChI is InChI=1S/C19H22N4O3S/c1-19(2,3)14-10-27-18(22-14)23-15(24)9-8-13-17(26)20-12-7-5-4-6-11(12)16(25)21-13/h4-7,10,13H,8-9H2,1-3H3,(H,20,26)(H,21,25)(H,22,23,24)/t13-/m1/s1. The zero-order chi connectivity index (χ0) is 19.6. The zero-order valence-corrected chi connectivity index (χ0v) is 16.3. The van der Waals surface area contributed by atoms with E-state index >= 15 is 0 Å². The van der Waals surface area contributed by atoms with Crippen LogP contribution < -0.4 is 16.0 Å². The number of amides is 3. The number of fused-ring (bicyclic) bond motifs is 1. The highest BCUT2D eigenvalue weighted by atomic mass is 32.1. The van der Waals surface area contributed by atoms with Crippen molar-refractivity contribution in [1.82, 2.24) is 10.3 Å². The molecule has 2 aromatic rings. The van der Waals surface area contributed by atoms with Crippen LogP contribution in [0, 0.1) is 0 Å². The maximum atomic E-state index is 12.3. The number of para-hydroxylation sites is 1. The monoisotopic (exact) mass is 386 g/mol. The molecule has 1 aromatic carbocycles. The second-order valence-electron chi connectivity index (χ2n) is 7.44. The van der Waals surface area contributed by atoms with Crippen LogP contribution in [-0.2, 0) is 15.0 Å². The molecule has 3 N–H and O–H groups in total. The van der Waals surface area contributed by atoms with E-state index in [1.54, 1.807) is 24.3 Å². The highest BCUT2D eigenvalue weighted by Crippen LogP contribution is 2.26. The minimum atomic E-state index is -0.767. The lowest BCUT2D eigenvalue weighted by atomic mass is 9.93. The molecule has 0 spiro atoms. The van der Waals surface area contributed by atoms with Gasteiger partial charge in [0.1, 0.15) is 6.04 Å². The molecule has 0 fully saturated rings. The molecule has 0 bridgehead atoms. The third kappa shape index (κ3) is 4.51. The summed E-state index contributed by atoms with van der Waals surface area (Å²) in [6, 6.07) is 6.04. The number of nitrogens with one attached hydrogen (secondary N) is 3. The van der Waals surface area contributed by atoms with Crippen molar-refractivity contribution in [3.05, 3.63) is 40.9 Å². The number of nitrogens with zero attached hydrogens (tertiary/aromatic N) is 1. The van der Waals surface area contributed by atoms with Crippen molar-refractivity contribution in [2.45, 2.75) is 45.1 Å². The van der Waals surface area contributed by atoms with Crippen LogP contribution in [0.3, 0.4) is 0 Å². The van der Waals surface area contributed by atoms with Gasteiger partial charge in [0.05, 0.1) is 16.9 Å². The van der Waals surface area contributed by atoms with Crippen molar-refractivity contribution in [3.8, 4) is 0 Å². The Bertz CT molecular complexity index is 885. The summed E-state index contributed by atoms with van der Waals surface area (Å²) in [5, 5.41) is 10.6. The zero-order valence-electron chi connectivity index (χ0n) is 15.5. The Labute approximate surface area is 161 Å². The molecular formula is C19H22N4O3S. The van der Waals surface area contributed by atoms with Crippen LogP contribution in [0.4, 0.5) is 10.8 Å². The number of thiazole rings is 1. The molecule has 0 aliphatic carbocycles. The number of carbonyl (C=O) groups is 3. The van der Waals surface area contributed by atoms with Crippen LogP contribution in [0.15, 0.2) is 29.6 Å². The molecular weight excluding hydrogens is 364 g/mol. The predicted octanol–water partition coefficient (Wildman–Crippen LogP) is 2.91. The topological polar surface area (TPSA) is 100 Å². The normalized spacial score (nSPS) is 16.8. The predicted molar refractivity (Wildman–Crippen MR) is 105 cm³/mol. The first-order chi connectivity index (χ1) is 12.7. The summed E-state index contributed by atoms with van der Waals surface area (Å²) in [6.45, 7) is 6.16. The van der Waals surface area contributed by atoms with Crippen molar-refractivity contribution in [2.24, 2.45) is 0 Å². The van der Waals surface area contributed by atoms with E-state index in [1.807, 2.05) is 5.38 Å². The van der Waals surface area contributed by atoms with Crippen molar-refractivity contribution in [2.75, 3.05) is 10.6 Å². The number of aromatic nitrogens is 1. The number of hydrogen-bond acceptors (Lipinski definition) is 5. The van der Waals surface area contributed by atoms with Crippen LogP contribution in [0.1, 0.15) is 49.7 Å². The lowest BCUT2D eigenvalue weighted by Gasteiger charge is -2.14. The van der Waals surface area contributed by atoms with Crippen LogP contribution in [0.5, 0.6) is 0 Å². The fourth-order valence-electron chi connectivity index (χ4n) is 2.65. The Hall–Kier alpha value is -2.74. The first-order valence-corrected chi connectivity index (χ1v) is 9.58. The molecule has 1 atom stereocenters. The van der Waals surface area contributed by atoms with Crippen LogP contribution in [-0.4, -0.2) is 28.7 Å². The van der Waals surface area contributed by atoms with Gasteiger partial charge in [-0.05, 0) is 18.6 Å². The minimum Gasteiger partial charge on any atom is -0.340 e. The molecule has 8 heteroatoms. The van der Waals surface area contributed by atoms with Gasteiger partial charge in [-0.1, -0.05) is 32.9 Å². The van der Waals surface area contributed by atoms with E-state index in [0.29, 0.717) is 16.4 Å². The summed E-state index contributed by atoms with van der Waals surface area (Å²) >= 11 is 1.37. The number of hydrogen-bond donors (Lipinski definition) is 3. The third-order valence-electron chi connectivity index (χ3n) is 4.23. The molecule has 0 saturated carbocycles. The molecule has 27 heavy (non-hydrogen) atoms. The van der Waals surface area contributed by atoms with E-state index in [4.69, 9.17) is 0 Å². The largest absolute Gasteiger partial charge is 0.340 e. The van der Waals surface area contributed by atoms with E-state index in [2.05, 4.69) is 41.7 Å². The van der Waals surface area contributed by atoms with Gasteiger partial charge in [0.25, 0.3) is 5.91 Å². The molecule has 7 nitrogen and oxygen atoms in total. The molecule has 0 saturated heterocycles. The maximum absolute atomic E-state index is 12.3. The van der Waals surface area contributed by atoms with E-state index in [0.717, 1.165) is 5.69 Å². The summed E-state index contributed by atoms with van der Waals surface area (Å²) in [5.74, 6) is -0.900. The van der Waals surface area contributed by atoms with E-state index in [9.17, 15) is 14.4 Å². The molecule has 1 aromatic heterocycles. The van der Waals surface area contributed by atoms with E-state index < -0.39 is 6.04 Å². The Morgan fingerprint density at radius 1 is 1.26 bits per heavy atom. The molecule has 3 amide bonds. The van der Waals surface area contributed by atoms with Crippen LogP contribution in [0.2, 0.25) is 0 Å². The summed E-state index contributed by atoms with van der Waals surface area (Å²) in [6.07, 6.45) is 0.300. The van der Waals surface area contributed by atoms with Crippen molar-refractivity contribution < 1.29 is 14.4 Å². The van der Waals surface area contributed by atoms with E-state index in [-0.39, 0.29) is 36.0 Å². The van der Waals surface area contributed by atoms with Gasteiger partial charge in [0.2, 0.25) is 11.8 Å². The molecule has 2 heterocycles. The molecule has 0 unspecified atom stereocenters. The number of anilines is 2. The van der Waals surface area contributed by atoms with Gasteiger partial charge < -0.3 is 16.0 Å². The summed E-state index contributed by atoms with van der Waals surface area (Å²) in [5.41, 5.74) is 1.72. The first-order valence-electron chi connectivity index (χ1n) is 8.70. The average molecular weight is 386 g/mol. The Morgan fingerprint density at radius 2 is 2.00 bits per heavy atom. The van der Waals surface area contributed by atoms with Gasteiger partial charge in [-0.15, -0.1) is 11.3 Å². The quantitative estimate of drug-likeness (QED) is 0.752. The van der Waals surface area contributed by atoms with E-state index in [1.165, 1.54) is 11.3 Å². The summed E-state index contributed by atoms with van der Waals surface area (Å²) in [4.78, 5) is 41.3. The number of carbonyl (C=O) groups excluding carboxylic acids is 3. The van der Waals surface area contributed by atoms with Gasteiger partial charge in [-0.3, -0.25) is 14.4 Å². The first kappa shape index (κ1) is 19.0. The van der Waals surface area contributed by atoms with Gasteiger partial charge in [-0.25, -0.2) is 4.98 Å². The second kappa shape index (κ2) is 7.48. The molecule has 1 aliphatic rings. The molecule has 3 rings (SSSR count). The highest BCUT2D eigenvalue weighted by Gasteiger charge is 2.28. The number of rotatable bonds is 4. The molecule has 142 valence electrons. The van der Waals surface area contributed by atoms with Crippen LogP contribution in [0.25, 0.3) is 0 Å². The van der Waals surface area contributed by atoms with Crippen LogP contribution >= 0.6 is 11.3 Å². The smallest absolute Gasteiger partial charge is 0.254 e. The van der Waals surface area contributed by atoms with Crippen molar-refractivity contribution in [1.29, 1.82) is 0 Å². The summed E-state index contributed by atoms with van der Waals surface area (Å²) < 4.78 is 0. The van der Waals surface area contributed by atoms with Gasteiger partial charge in [-0.2, -0.15) is 0 Å². The van der Waals surface area contributed by atoms with Gasteiger partial charge >= 0.3 is 0 Å². The SMILES string of the molecule is CC(C)(C)c1csc(NC(=O)CC[C@H]2NC(=O)c3ccccc3NC2=O)n1. The maximum Gasteiger partial charge on any atom is 0.254 e. The van der Waals surface area contributed by atoms with Gasteiger partial charge in [0, 0.05) is 17.2 Å². The lowest BCUT2D eigenvalue weighted by Crippen LogP contribution is -2.41. The number of benzene rings is 1.